The van der Waals surface area contributed by atoms with E-state index >= 15 is 0 Å². The third-order valence-electron chi connectivity index (χ3n) is 2.85. The number of hydrogen-bond donors (Lipinski definition) is 1. The number of hydrogen-bond acceptors (Lipinski definition) is 3. The summed E-state index contributed by atoms with van der Waals surface area (Å²) in [6, 6.07) is 12.4. The topological polar surface area (TPSA) is 44.5 Å². The van der Waals surface area contributed by atoms with Crippen LogP contribution in [0.2, 0.25) is 0 Å². The summed E-state index contributed by atoms with van der Waals surface area (Å²) in [5.41, 5.74) is 6.61. The van der Waals surface area contributed by atoms with E-state index in [1.165, 1.54) is 6.07 Å². The summed E-state index contributed by atoms with van der Waals surface area (Å²) in [7, 11) is 0. The Morgan fingerprint density at radius 2 is 1.71 bits per heavy atom. The molecule has 2 aromatic carbocycles. The molecule has 112 valence electrons. The zero-order valence-electron chi connectivity index (χ0n) is 11.5. The third kappa shape index (κ3) is 5.02. The highest BCUT2D eigenvalue weighted by Gasteiger charge is 2.01. The van der Waals surface area contributed by atoms with Crippen LogP contribution in [0.25, 0.3) is 0 Å². The lowest BCUT2D eigenvalue weighted by Crippen LogP contribution is -2.05. The Morgan fingerprint density at radius 3 is 2.38 bits per heavy atom. The molecule has 21 heavy (non-hydrogen) atoms. The predicted molar refractivity (Wildman–Crippen MR) is 84.0 cm³/mol. The first kappa shape index (κ1) is 15.8. The fourth-order valence-electron chi connectivity index (χ4n) is 1.77. The van der Waals surface area contributed by atoms with Crippen molar-refractivity contribution in [3.63, 3.8) is 0 Å². The molecular formula is C16H17BrFNO2. The van der Waals surface area contributed by atoms with Crippen LogP contribution in [-0.2, 0) is 6.54 Å². The largest absolute Gasteiger partial charge is 0.493 e. The van der Waals surface area contributed by atoms with E-state index in [-0.39, 0.29) is 5.82 Å². The summed E-state index contributed by atoms with van der Waals surface area (Å²) in [4.78, 5) is 0. The Hall–Kier alpha value is -1.59. The molecular weight excluding hydrogens is 337 g/mol. The van der Waals surface area contributed by atoms with Gasteiger partial charge in [-0.3, -0.25) is 0 Å². The van der Waals surface area contributed by atoms with E-state index in [1.807, 2.05) is 24.3 Å². The van der Waals surface area contributed by atoms with Gasteiger partial charge in [0, 0.05) is 19.0 Å². The molecule has 2 aromatic rings. The van der Waals surface area contributed by atoms with Crippen molar-refractivity contribution in [1.29, 1.82) is 0 Å². The number of halogens is 2. The van der Waals surface area contributed by atoms with Crippen molar-refractivity contribution < 1.29 is 13.9 Å². The molecule has 3 nitrogen and oxygen atoms in total. The third-order valence-corrected chi connectivity index (χ3v) is 3.49. The molecule has 0 aliphatic heterocycles. The van der Waals surface area contributed by atoms with Crippen LogP contribution >= 0.6 is 15.9 Å². The van der Waals surface area contributed by atoms with Crippen molar-refractivity contribution in [3.05, 3.63) is 58.3 Å². The standard InChI is InChI=1S/C16H17BrFNO2/c17-15-6-5-14(10-16(15)18)21-8-2-7-20-13-4-1-3-12(9-13)11-19/h1,3-6,9-10H,2,7-8,11,19H2. The van der Waals surface area contributed by atoms with E-state index < -0.39 is 0 Å². The van der Waals surface area contributed by atoms with Gasteiger partial charge in [0.1, 0.15) is 17.3 Å². The minimum Gasteiger partial charge on any atom is -0.493 e. The Morgan fingerprint density at radius 1 is 1.00 bits per heavy atom. The number of nitrogens with two attached hydrogens (primary N) is 1. The van der Waals surface area contributed by atoms with Gasteiger partial charge >= 0.3 is 0 Å². The lowest BCUT2D eigenvalue weighted by atomic mass is 10.2. The van der Waals surface area contributed by atoms with Crippen molar-refractivity contribution >= 4 is 15.9 Å². The maximum atomic E-state index is 13.3. The van der Waals surface area contributed by atoms with Crippen molar-refractivity contribution in [3.8, 4) is 11.5 Å². The monoisotopic (exact) mass is 353 g/mol. The minimum atomic E-state index is -0.331. The van der Waals surface area contributed by atoms with E-state index in [1.54, 1.807) is 12.1 Å². The van der Waals surface area contributed by atoms with E-state index in [9.17, 15) is 4.39 Å². The lowest BCUT2D eigenvalue weighted by Gasteiger charge is -2.09. The first-order valence-corrected chi connectivity index (χ1v) is 7.48. The predicted octanol–water partition coefficient (Wildman–Crippen LogP) is 3.89. The lowest BCUT2D eigenvalue weighted by molar-refractivity contribution is 0.247. The Balaban J connectivity index is 1.71. The first-order chi connectivity index (χ1) is 10.2. The van der Waals surface area contributed by atoms with Crippen LogP contribution in [0.5, 0.6) is 11.5 Å². The van der Waals surface area contributed by atoms with Gasteiger partial charge in [0.2, 0.25) is 0 Å². The Bertz CT molecular complexity index is 592. The van der Waals surface area contributed by atoms with Crippen LogP contribution in [0.15, 0.2) is 46.9 Å². The fraction of sp³-hybridized carbons (Fsp3) is 0.250. The average molecular weight is 354 g/mol. The van der Waals surface area contributed by atoms with Gasteiger partial charge in [0.25, 0.3) is 0 Å². The number of ether oxygens (including phenoxy) is 2. The molecule has 0 fully saturated rings. The van der Waals surface area contributed by atoms with Crippen molar-refractivity contribution in [2.45, 2.75) is 13.0 Å². The molecule has 2 rings (SSSR count). The van der Waals surface area contributed by atoms with Crippen LogP contribution < -0.4 is 15.2 Å². The Labute approximate surface area is 132 Å². The molecule has 5 heteroatoms. The van der Waals surface area contributed by atoms with Crippen molar-refractivity contribution in [2.75, 3.05) is 13.2 Å². The minimum absolute atomic E-state index is 0.331. The molecule has 2 N–H and O–H groups in total. The zero-order chi connectivity index (χ0) is 15.1. The molecule has 0 aliphatic rings. The van der Waals surface area contributed by atoms with E-state index in [4.69, 9.17) is 15.2 Å². The number of rotatable bonds is 7. The number of benzene rings is 2. The molecule has 0 radical (unpaired) electrons. The van der Waals surface area contributed by atoms with Crippen molar-refractivity contribution in [1.82, 2.24) is 0 Å². The molecule has 0 saturated heterocycles. The summed E-state index contributed by atoms with van der Waals surface area (Å²) >= 11 is 3.10. The molecule has 0 heterocycles. The molecule has 0 aromatic heterocycles. The normalized spacial score (nSPS) is 10.4. The Kier molecular flexibility index (Phi) is 6.02. The molecule has 0 saturated carbocycles. The smallest absolute Gasteiger partial charge is 0.141 e. The summed E-state index contributed by atoms with van der Waals surface area (Å²) in [6.45, 7) is 1.50. The van der Waals surface area contributed by atoms with Gasteiger partial charge in [0.05, 0.1) is 17.7 Å². The molecule has 0 spiro atoms. The molecule has 0 amide bonds. The maximum absolute atomic E-state index is 13.3. The molecule has 0 unspecified atom stereocenters. The van der Waals surface area contributed by atoms with Gasteiger partial charge in [-0.1, -0.05) is 12.1 Å². The highest BCUT2D eigenvalue weighted by Crippen LogP contribution is 2.21. The summed E-state index contributed by atoms with van der Waals surface area (Å²) < 4.78 is 24.8. The summed E-state index contributed by atoms with van der Waals surface area (Å²) in [5.74, 6) is 0.982. The average Bonchev–Trinajstić information content (AvgIpc) is 2.50. The summed E-state index contributed by atoms with van der Waals surface area (Å²) in [6.07, 6.45) is 0.713. The quantitative estimate of drug-likeness (QED) is 0.767. The van der Waals surface area contributed by atoms with Crippen LogP contribution in [0, 0.1) is 5.82 Å². The molecule has 0 atom stereocenters. The van der Waals surface area contributed by atoms with Crippen LogP contribution in [0.1, 0.15) is 12.0 Å². The van der Waals surface area contributed by atoms with Crippen LogP contribution in [0.3, 0.4) is 0 Å². The SMILES string of the molecule is NCc1cccc(OCCCOc2ccc(Br)c(F)c2)c1. The second-order valence-electron chi connectivity index (χ2n) is 4.48. The van der Waals surface area contributed by atoms with E-state index in [0.29, 0.717) is 36.4 Å². The second-order valence-corrected chi connectivity index (χ2v) is 5.33. The second kappa shape index (κ2) is 8.00. The molecule has 0 aliphatic carbocycles. The molecule has 0 bridgehead atoms. The van der Waals surface area contributed by atoms with Gasteiger partial charge in [-0.15, -0.1) is 0 Å². The van der Waals surface area contributed by atoms with E-state index in [0.717, 1.165) is 11.3 Å². The van der Waals surface area contributed by atoms with Gasteiger partial charge in [0.15, 0.2) is 0 Å². The summed E-state index contributed by atoms with van der Waals surface area (Å²) in [5, 5.41) is 0. The van der Waals surface area contributed by atoms with Crippen LogP contribution in [0.4, 0.5) is 4.39 Å². The van der Waals surface area contributed by atoms with E-state index in [2.05, 4.69) is 15.9 Å². The highest BCUT2D eigenvalue weighted by molar-refractivity contribution is 9.10. The van der Waals surface area contributed by atoms with Gasteiger partial charge in [-0.05, 0) is 45.8 Å². The maximum Gasteiger partial charge on any atom is 0.141 e. The van der Waals surface area contributed by atoms with Crippen molar-refractivity contribution in [2.24, 2.45) is 5.73 Å². The van der Waals surface area contributed by atoms with Gasteiger partial charge in [-0.2, -0.15) is 0 Å². The first-order valence-electron chi connectivity index (χ1n) is 6.68. The van der Waals surface area contributed by atoms with Gasteiger partial charge in [-0.25, -0.2) is 4.39 Å². The van der Waals surface area contributed by atoms with Crippen LogP contribution in [-0.4, -0.2) is 13.2 Å². The fourth-order valence-corrected chi connectivity index (χ4v) is 2.01. The zero-order valence-corrected chi connectivity index (χ0v) is 13.1. The highest BCUT2D eigenvalue weighted by atomic mass is 79.9. The van der Waals surface area contributed by atoms with Gasteiger partial charge < -0.3 is 15.2 Å².